The van der Waals surface area contributed by atoms with Crippen LogP contribution in [-0.2, 0) is 0 Å². The molecule has 90 valence electrons. The van der Waals surface area contributed by atoms with E-state index < -0.39 is 6.10 Å². The third-order valence-electron chi connectivity index (χ3n) is 1.23. The number of rotatable bonds is 2. The summed E-state index contributed by atoms with van der Waals surface area (Å²) in [5, 5.41) is 24.0. The van der Waals surface area contributed by atoms with E-state index in [1.165, 1.54) is 0 Å². The van der Waals surface area contributed by atoms with Gasteiger partial charge in [0.05, 0.1) is 25.9 Å². The maximum Gasteiger partial charge on any atom is 0.100 e. The topological polar surface area (TPSA) is 118 Å². The lowest BCUT2D eigenvalue weighted by molar-refractivity contribution is 0.0450. The summed E-state index contributed by atoms with van der Waals surface area (Å²) >= 11 is 0. The van der Waals surface area contributed by atoms with Crippen LogP contribution >= 0.6 is 0 Å². The summed E-state index contributed by atoms with van der Waals surface area (Å²) in [5.41, 5.74) is 0. The van der Waals surface area contributed by atoms with Crippen LogP contribution in [0.4, 0.5) is 0 Å². The maximum atomic E-state index is 8.17. The molecule has 16 heavy (non-hydrogen) atoms. The number of nitrogens with one attached hydrogen (secondary N) is 2. The van der Waals surface area contributed by atoms with E-state index in [1.54, 1.807) is 37.4 Å². The van der Waals surface area contributed by atoms with Crippen molar-refractivity contribution in [3.63, 3.8) is 0 Å². The highest BCUT2D eigenvalue weighted by atomic mass is 16.3. The highest BCUT2D eigenvalue weighted by Gasteiger charge is 1.93. The normalized spacial score (nSPS) is 8.75. The summed E-state index contributed by atoms with van der Waals surface area (Å²) in [7, 11) is 0. The molecule has 0 amide bonds. The zero-order valence-electron chi connectivity index (χ0n) is 8.69. The summed E-state index contributed by atoms with van der Waals surface area (Å²) < 4.78 is 0. The Kier molecular flexibility index (Phi) is 10.2. The van der Waals surface area contributed by atoms with Gasteiger partial charge < -0.3 is 25.3 Å². The zero-order valence-corrected chi connectivity index (χ0v) is 8.69. The fourth-order valence-corrected chi connectivity index (χ4v) is 0.488. The third kappa shape index (κ3) is 10.4. The molecule has 0 aliphatic heterocycles. The number of aliphatic hydroxyl groups excluding tert-OH is 3. The number of aromatic nitrogens is 4. The minimum atomic E-state index is -0.954. The molecule has 7 nitrogen and oxygen atoms in total. The van der Waals surface area contributed by atoms with Crippen LogP contribution in [0.1, 0.15) is 0 Å². The zero-order chi connectivity index (χ0) is 12.1. The van der Waals surface area contributed by atoms with E-state index in [4.69, 9.17) is 15.3 Å². The lowest BCUT2D eigenvalue weighted by atomic mass is 10.4. The van der Waals surface area contributed by atoms with E-state index in [-0.39, 0.29) is 13.2 Å². The molecule has 0 aliphatic rings. The van der Waals surface area contributed by atoms with Crippen molar-refractivity contribution in [2.24, 2.45) is 0 Å². The molecule has 0 bridgehead atoms. The van der Waals surface area contributed by atoms with Crippen molar-refractivity contribution >= 4 is 0 Å². The van der Waals surface area contributed by atoms with E-state index in [2.05, 4.69) is 19.9 Å². The van der Waals surface area contributed by atoms with Crippen molar-refractivity contribution in [3.8, 4) is 0 Å². The SMILES string of the molecule is OCC(O)CO.c1c[nH]cn1.c1c[nH]cn1. The molecule has 0 saturated carbocycles. The number of aliphatic hydroxyl groups is 3. The van der Waals surface area contributed by atoms with Crippen molar-refractivity contribution in [2.45, 2.75) is 6.10 Å². The van der Waals surface area contributed by atoms with Crippen molar-refractivity contribution < 1.29 is 15.3 Å². The molecule has 0 saturated heterocycles. The smallest absolute Gasteiger partial charge is 0.100 e. The van der Waals surface area contributed by atoms with Crippen LogP contribution in [0.2, 0.25) is 0 Å². The number of H-pyrrole nitrogens is 2. The van der Waals surface area contributed by atoms with Gasteiger partial charge in [0.2, 0.25) is 0 Å². The standard InChI is InChI=1S/2C3H4N2.C3H8O3/c2*1-2-5-3-4-1;4-1-3(6)2-5/h2*1-3H,(H,4,5);3-6H,1-2H2. The van der Waals surface area contributed by atoms with Crippen LogP contribution < -0.4 is 0 Å². The van der Waals surface area contributed by atoms with Crippen LogP contribution in [0.25, 0.3) is 0 Å². The molecule has 0 fully saturated rings. The fraction of sp³-hybridized carbons (Fsp3) is 0.333. The Morgan fingerprint density at radius 3 is 1.44 bits per heavy atom. The molecule has 7 heteroatoms. The Balaban J connectivity index is 0.000000211. The molecule has 0 spiro atoms. The average molecular weight is 228 g/mol. The first-order valence-corrected chi connectivity index (χ1v) is 4.56. The third-order valence-corrected chi connectivity index (χ3v) is 1.23. The van der Waals surface area contributed by atoms with Gasteiger partial charge in [-0.25, -0.2) is 9.97 Å². The number of imidazole rings is 2. The van der Waals surface area contributed by atoms with Gasteiger partial charge in [-0.15, -0.1) is 0 Å². The second kappa shape index (κ2) is 11.4. The van der Waals surface area contributed by atoms with Crippen LogP contribution in [0.3, 0.4) is 0 Å². The number of hydrogen-bond donors (Lipinski definition) is 5. The van der Waals surface area contributed by atoms with Crippen molar-refractivity contribution in [3.05, 3.63) is 37.4 Å². The van der Waals surface area contributed by atoms with Crippen molar-refractivity contribution in [1.29, 1.82) is 0 Å². The number of hydrogen-bond acceptors (Lipinski definition) is 5. The summed E-state index contributed by atoms with van der Waals surface area (Å²) in [6.45, 7) is -0.729. The summed E-state index contributed by atoms with van der Waals surface area (Å²) in [5.74, 6) is 0. The minimum absolute atomic E-state index is 0.365. The first-order chi connectivity index (χ1) is 7.81. The molecule has 0 aliphatic carbocycles. The summed E-state index contributed by atoms with van der Waals surface area (Å²) in [6.07, 6.45) is 9.21. The van der Waals surface area contributed by atoms with Crippen LogP contribution in [0, 0.1) is 0 Å². The lowest BCUT2D eigenvalue weighted by Crippen LogP contribution is -2.15. The molecule has 5 N–H and O–H groups in total. The fourth-order valence-electron chi connectivity index (χ4n) is 0.488. The molecule has 2 aromatic rings. The molecule has 0 radical (unpaired) electrons. The molecular weight excluding hydrogens is 212 g/mol. The summed E-state index contributed by atoms with van der Waals surface area (Å²) in [4.78, 5) is 12.8. The number of aromatic amines is 2. The minimum Gasteiger partial charge on any atom is -0.394 e. The second-order valence-corrected chi connectivity index (χ2v) is 2.54. The second-order valence-electron chi connectivity index (χ2n) is 2.54. The average Bonchev–Trinajstić information content (AvgIpc) is 3.03. The van der Waals surface area contributed by atoms with Gasteiger partial charge in [-0.3, -0.25) is 0 Å². The van der Waals surface area contributed by atoms with Crippen LogP contribution in [0.5, 0.6) is 0 Å². The first-order valence-electron chi connectivity index (χ1n) is 4.56. The van der Waals surface area contributed by atoms with Crippen molar-refractivity contribution in [2.75, 3.05) is 13.2 Å². The van der Waals surface area contributed by atoms with Gasteiger partial charge in [0.1, 0.15) is 6.10 Å². The molecule has 0 atom stereocenters. The van der Waals surface area contributed by atoms with E-state index in [9.17, 15) is 0 Å². The van der Waals surface area contributed by atoms with Crippen molar-refractivity contribution in [1.82, 2.24) is 19.9 Å². The first kappa shape index (κ1) is 14.3. The molecule has 0 aromatic carbocycles. The van der Waals surface area contributed by atoms with Gasteiger partial charge in [0.25, 0.3) is 0 Å². The predicted molar refractivity (Wildman–Crippen MR) is 57.4 cm³/mol. The summed E-state index contributed by atoms with van der Waals surface area (Å²) in [6, 6.07) is 0. The Morgan fingerprint density at radius 2 is 1.38 bits per heavy atom. The Bertz CT molecular complexity index is 221. The number of nitrogens with zero attached hydrogens (tertiary/aromatic N) is 2. The van der Waals surface area contributed by atoms with Gasteiger partial charge in [-0.05, 0) is 0 Å². The highest BCUT2D eigenvalue weighted by Crippen LogP contribution is 1.71. The van der Waals surface area contributed by atoms with Gasteiger partial charge >= 0.3 is 0 Å². The van der Waals surface area contributed by atoms with E-state index in [1.807, 2.05) is 0 Å². The van der Waals surface area contributed by atoms with Gasteiger partial charge in [-0.2, -0.15) is 0 Å². The van der Waals surface area contributed by atoms with Gasteiger partial charge in [0.15, 0.2) is 0 Å². The maximum absolute atomic E-state index is 8.17. The molecular formula is C9H16N4O3. The van der Waals surface area contributed by atoms with E-state index in [0.29, 0.717) is 0 Å². The Hall–Kier alpha value is -1.70. The lowest BCUT2D eigenvalue weighted by Gasteiger charge is -1.96. The molecule has 2 rings (SSSR count). The predicted octanol–water partition coefficient (Wildman–Crippen LogP) is -0.849. The highest BCUT2D eigenvalue weighted by molar-refractivity contribution is 4.65. The Morgan fingerprint density at radius 1 is 0.938 bits per heavy atom. The van der Waals surface area contributed by atoms with E-state index >= 15 is 0 Å². The quantitative estimate of drug-likeness (QED) is 0.459. The van der Waals surface area contributed by atoms with E-state index in [0.717, 1.165) is 0 Å². The van der Waals surface area contributed by atoms with Crippen LogP contribution in [0.15, 0.2) is 37.4 Å². The van der Waals surface area contributed by atoms with Crippen LogP contribution in [-0.4, -0.2) is 54.6 Å². The Labute approximate surface area is 92.8 Å². The van der Waals surface area contributed by atoms with Gasteiger partial charge in [0, 0.05) is 24.8 Å². The monoisotopic (exact) mass is 228 g/mol. The molecule has 2 heterocycles. The molecule has 0 unspecified atom stereocenters. The molecule has 2 aromatic heterocycles. The largest absolute Gasteiger partial charge is 0.394 e. The van der Waals surface area contributed by atoms with Gasteiger partial charge in [-0.1, -0.05) is 0 Å².